The van der Waals surface area contributed by atoms with Crippen LogP contribution in [0.4, 0.5) is 0 Å². The van der Waals surface area contributed by atoms with Gasteiger partial charge in [-0.15, -0.1) is 0 Å². The van der Waals surface area contributed by atoms with Crippen molar-refractivity contribution in [2.24, 2.45) is 17.8 Å². The maximum absolute atomic E-state index is 11.7. The van der Waals surface area contributed by atoms with Crippen molar-refractivity contribution in [2.45, 2.75) is 65.7 Å². The molecule has 0 bridgehead atoms. The topological polar surface area (TPSA) is 38.3 Å². The number of amides is 1. The Morgan fingerprint density at radius 2 is 2.00 bits per heavy atom. The smallest absolute Gasteiger partial charge is 0.246 e. The van der Waals surface area contributed by atoms with Gasteiger partial charge >= 0.3 is 0 Å². The lowest BCUT2D eigenvalue weighted by atomic mass is 10.1. The molecule has 0 saturated heterocycles. The highest BCUT2D eigenvalue weighted by atomic mass is 16.7. The Balaban J connectivity index is 1.96. The van der Waals surface area contributed by atoms with E-state index >= 15 is 0 Å². The van der Waals surface area contributed by atoms with Crippen LogP contribution in [0.1, 0.15) is 65.7 Å². The van der Waals surface area contributed by atoms with E-state index in [0.717, 1.165) is 6.42 Å². The van der Waals surface area contributed by atoms with Gasteiger partial charge in [0.15, 0.2) is 0 Å². The summed E-state index contributed by atoms with van der Waals surface area (Å²) in [6.45, 7) is 6.98. The minimum absolute atomic E-state index is 0.0919. The fourth-order valence-corrected chi connectivity index (χ4v) is 2.25. The Labute approximate surface area is 112 Å². The number of unbranched alkanes of at least 4 members (excludes halogenated alkanes) is 4. The second kappa shape index (κ2) is 8.52. The molecule has 1 fully saturated rings. The molecule has 1 aliphatic rings. The quantitative estimate of drug-likeness (QED) is 0.477. The van der Waals surface area contributed by atoms with E-state index in [1.54, 1.807) is 0 Å². The van der Waals surface area contributed by atoms with Crippen molar-refractivity contribution < 1.29 is 9.63 Å². The van der Waals surface area contributed by atoms with Gasteiger partial charge in [-0.25, -0.2) is 5.48 Å². The summed E-state index contributed by atoms with van der Waals surface area (Å²) in [7, 11) is 0. The lowest BCUT2D eigenvalue weighted by molar-refractivity contribution is -0.136. The van der Waals surface area contributed by atoms with Gasteiger partial charge in [-0.1, -0.05) is 52.9 Å². The molecule has 0 spiro atoms. The molecule has 0 aromatic rings. The van der Waals surface area contributed by atoms with E-state index in [2.05, 4.69) is 26.3 Å². The lowest BCUT2D eigenvalue weighted by Crippen LogP contribution is -2.27. The van der Waals surface area contributed by atoms with Gasteiger partial charge < -0.3 is 0 Å². The summed E-state index contributed by atoms with van der Waals surface area (Å²) < 4.78 is 0. The summed E-state index contributed by atoms with van der Waals surface area (Å²) in [5, 5.41) is 0. The van der Waals surface area contributed by atoms with Crippen molar-refractivity contribution >= 4 is 5.91 Å². The summed E-state index contributed by atoms with van der Waals surface area (Å²) in [5.41, 5.74) is 2.58. The monoisotopic (exact) mass is 255 g/mol. The van der Waals surface area contributed by atoms with Crippen molar-refractivity contribution in [1.29, 1.82) is 0 Å². The predicted octanol–water partition coefficient (Wildman–Crippen LogP) is 3.69. The average molecular weight is 255 g/mol. The normalized spacial score (nSPS) is 22.2. The Morgan fingerprint density at radius 3 is 2.67 bits per heavy atom. The highest BCUT2D eigenvalue weighted by Gasteiger charge is 2.42. The fraction of sp³-hybridized carbons (Fsp3) is 0.933. The van der Waals surface area contributed by atoms with Crippen molar-refractivity contribution in [2.75, 3.05) is 6.61 Å². The number of carbonyl (C=O) groups is 1. The molecular formula is C15H29NO2. The molecule has 0 aliphatic heterocycles. The zero-order chi connectivity index (χ0) is 13.4. The largest absolute Gasteiger partial charge is 0.273 e. The Hall–Kier alpha value is -0.570. The van der Waals surface area contributed by atoms with Crippen molar-refractivity contribution in [3.05, 3.63) is 0 Å². The van der Waals surface area contributed by atoms with Crippen LogP contribution in [0.15, 0.2) is 0 Å². The first kappa shape index (κ1) is 15.5. The third-order valence-electron chi connectivity index (χ3n) is 3.53. The van der Waals surface area contributed by atoms with Gasteiger partial charge in [0.1, 0.15) is 0 Å². The van der Waals surface area contributed by atoms with E-state index in [1.165, 1.54) is 38.5 Å². The molecule has 1 N–H and O–H groups in total. The first-order valence-corrected chi connectivity index (χ1v) is 7.56. The van der Waals surface area contributed by atoms with Crippen LogP contribution in [-0.2, 0) is 9.63 Å². The number of carbonyl (C=O) groups excluding carboxylic acids is 1. The van der Waals surface area contributed by atoms with Crippen LogP contribution in [0.2, 0.25) is 0 Å². The minimum atomic E-state index is 0.0919. The Morgan fingerprint density at radius 1 is 1.28 bits per heavy atom. The van der Waals surface area contributed by atoms with Crippen LogP contribution in [0.25, 0.3) is 0 Å². The van der Waals surface area contributed by atoms with Crippen molar-refractivity contribution in [3.63, 3.8) is 0 Å². The van der Waals surface area contributed by atoms with Gasteiger partial charge in [0.2, 0.25) is 5.91 Å². The molecule has 1 saturated carbocycles. The zero-order valence-corrected chi connectivity index (χ0v) is 12.2. The summed E-state index contributed by atoms with van der Waals surface area (Å²) in [6, 6.07) is 0. The van der Waals surface area contributed by atoms with Crippen LogP contribution >= 0.6 is 0 Å². The average Bonchev–Trinajstić information content (AvgIpc) is 3.08. The van der Waals surface area contributed by atoms with Gasteiger partial charge in [-0.05, 0) is 24.7 Å². The standard InChI is InChI=1S/C15H29NO2/c1-4-5-6-7-8-9-13-10-14(13)15(17)16-18-11-12(2)3/h12-14H,4-11H2,1-3H3,(H,16,17). The second-order valence-corrected chi connectivity index (χ2v) is 5.98. The minimum Gasteiger partial charge on any atom is -0.273 e. The summed E-state index contributed by atoms with van der Waals surface area (Å²) >= 11 is 0. The molecule has 1 amide bonds. The third-order valence-corrected chi connectivity index (χ3v) is 3.53. The van der Waals surface area contributed by atoms with E-state index in [9.17, 15) is 4.79 Å². The maximum Gasteiger partial charge on any atom is 0.246 e. The fourth-order valence-electron chi connectivity index (χ4n) is 2.25. The first-order valence-electron chi connectivity index (χ1n) is 7.56. The molecule has 0 heterocycles. The van der Waals surface area contributed by atoms with Gasteiger partial charge in [-0.3, -0.25) is 9.63 Å². The van der Waals surface area contributed by atoms with Gasteiger partial charge in [0, 0.05) is 5.92 Å². The highest BCUT2D eigenvalue weighted by molar-refractivity contribution is 5.80. The van der Waals surface area contributed by atoms with Crippen LogP contribution in [0.3, 0.4) is 0 Å². The summed E-state index contributed by atoms with van der Waals surface area (Å²) in [6.07, 6.45) is 8.86. The van der Waals surface area contributed by atoms with Crippen LogP contribution < -0.4 is 5.48 Å². The predicted molar refractivity (Wildman–Crippen MR) is 73.9 cm³/mol. The lowest BCUT2D eigenvalue weighted by Gasteiger charge is -2.07. The molecule has 1 aliphatic carbocycles. The molecule has 2 atom stereocenters. The van der Waals surface area contributed by atoms with Crippen LogP contribution in [-0.4, -0.2) is 12.5 Å². The molecule has 3 nitrogen and oxygen atoms in total. The summed E-state index contributed by atoms with van der Waals surface area (Å²) in [4.78, 5) is 16.9. The van der Waals surface area contributed by atoms with Gasteiger partial charge in [0.25, 0.3) is 0 Å². The number of rotatable bonds is 10. The SMILES string of the molecule is CCCCCCCC1CC1C(=O)NOCC(C)C. The molecule has 0 aromatic carbocycles. The molecule has 0 radical (unpaired) electrons. The van der Waals surface area contributed by atoms with Crippen molar-refractivity contribution in [1.82, 2.24) is 5.48 Å². The van der Waals surface area contributed by atoms with E-state index in [-0.39, 0.29) is 11.8 Å². The molecule has 1 rings (SSSR count). The molecule has 3 heteroatoms. The van der Waals surface area contributed by atoms with Gasteiger partial charge in [-0.2, -0.15) is 0 Å². The second-order valence-electron chi connectivity index (χ2n) is 5.98. The van der Waals surface area contributed by atoms with Crippen LogP contribution in [0.5, 0.6) is 0 Å². The number of hydrogen-bond donors (Lipinski definition) is 1. The molecule has 2 unspecified atom stereocenters. The number of hydrogen-bond acceptors (Lipinski definition) is 2. The van der Waals surface area contributed by atoms with Crippen molar-refractivity contribution in [3.8, 4) is 0 Å². The first-order chi connectivity index (χ1) is 8.65. The van der Waals surface area contributed by atoms with Crippen LogP contribution in [0, 0.1) is 17.8 Å². The molecular weight excluding hydrogens is 226 g/mol. The Bertz CT molecular complexity index is 241. The number of hydroxylamine groups is 1. The Kier molecular flexibility index (Phi) is 7.33. The molecule has 0 aromatic heterocycles. The van der Waals surface area contributed by atoms with E-state index in [0.29, 0.717) is 18.4 Å². The maximum atomic E-state index is 11.7. The van der Waals surface area contributed by atoms with E-state index in [1.807, 2.05) is 0 Å². The molecule has 18 heavy (non-hydrogen) atoms. The van der Waals surface area contributed by atoms with E-state index in [4.69, 9.17) is 4.84 Å². The third kappa shape index (κ3) is 6.39. The van der Waals surface area contributed by atoms with E-state index < -0.39 is 0 Å². The number of nitrogens with one attached hydrogen (secondary N) is 1. The zero-order valence-electron chi connectivity index (χ0n) is 12.2. The molecule has 106 valence electrons. The summed E-state index contributed by atoms with van der Waals surface area (Å²) in [5.74, 6) is 1.39. The highest BCUT2D eigenvalue weighted by Crippen LogP contribution is 2.42. The van der Waals surface area contributed by atoms with Gasteiger partial charge in [0.05, 0.1) is 6.61 Å².